The Hall–Kier alpha value is -1.63. The molecule has 0 radical (unpaired) electrons. The Morgan fingerprint density at radius 2 is 2.06 bits per heavy atom. The minimum Gasteiger partial charge on any atom is -0.386 e. The van der Waals surface area contributed by atoms with Crippen molar-refractivity contribution in [1.82, 2.24) is 15.2 Å². The third-order valence-corrected chi connectivity index (χ3v) is 3.00. The Morgan fingerprint density at radius 3 is 2.56 bits per heavy atom. The van der Waals surface area contributed by atoms with Crippen molar-refractivity contribution in [3.8, 4) is 0 Å². The number of hydrogen-bond acceptors (Lipinski definition) is 5. The summed E-state index contributed by atoms with van der Waals surface area (Å²) in [6.45, 7) is 4.54. The van der Waals surface area contributed by atoms with Gasteiger partial charge in [-0.25, -0.2) is 9.89 Å². The highest BCUT2D eigenvalue weighted by Gasteiger charge is 2.45. The zero-order chi connectivity index (χ0) is 11.9. The fourth-order valence-corrected chi connectivity index (χ4v) is 1.69. The highest BCUT2D eigenvalue weighted by Crippen LogP contribution is 2.29. The number of aliphatic hydroxyl groups is 1. The van der Waals surface area contributed by atoms with E-state index in [0.29, 0.717) is 13.1 Å². The molecule has 0 saturated carbocycles. The summed E-state index contributed by atoms with van der Waals surface area (Å²) in [7, 11) is 0. The summed E-state index contributed by atoms with van der Waals surface area (Å²) in [5.74, 6) is 0.260. The number of nitrogens with zero attached hydrogens (tertiary/aromatic N) is 2. The number of hydrogen-bond donors (Lipinski definition) is 3. The molecule has 7 heteroatoms. The van der Waals surface area contributed by atoms with Gasteiger partial charge in [0.2, 0.25) is 5.82 Å². The van der Waals surface area contributed by atoms with E-state index in [4.69, 9.17) is 0 Å². The van der Waals surface area contributed by atoms with E-state index in [9.17, 15) is 14.7 Å². The van der Waals surface area contributed by atoms with Crippen LogP contribution in [0.25, 0.3) is 0 Å². The van der Waals surface area contributed by atoms with Gasteiger partial charge >= 0.3 is 5.69 Å². The molecule has 0 amide bonds. The van der Waals surface area contributed by atoms with E-state index in [0.717, 1.165) is 0 Å². The van der Waals surface area contributed by atoms with Gasteiger partial charge in [0.15, 0.2) is 0 Å². The van der Waals surface area contributed by atoms with Crippen LogP contribution in [0.5, 0.6) is 0 Å². The molecule has 0 unspecified atom stereocenters. The Morgan fingerprint density at radius 1 is 1.44 bits per heavy atom. The Labute approximate surface area is 91.1 Å². The van der Waals surface area contributed by atoms with Crippen molar-refractivity contribution in [2.45, 2.75) is 19.4 Å². The first kappa shape index (κ1) is 10.9. The van der Waals surface area contributed by atoms with Gasteiger partial charge in [-0.1, -0.05) is 13.8 Å². The number of aromatic amines is 2. The first-order valence-corrected chi connectivity index (χ1v) is 5.09. The quantitative estimate of drug-likeness (QED) is 0.579. The standard InChI is InChI=1S/C9H14N4O3/c1-5(2)9(16)3-13(4-9)6-7(14)10-8(15)12-11-6/h5,16H,3-4H2,1-2H3,(H2,10,12,14,15). The highest BCUT2D eigenvalue weighted by atomic mass is 16.3. The van der Waals surface area contributed by atoms with Crippen molar-refractivity contribution >= 4 is 5.82 Å². The van der Waals surface area contributed by atoms with Crippen LogP contribution in [-0.2, 0) is 0 Å². The van der Waals surface area contributed by atoms with Crippen LogP contribution in [0.1, 0.15) is 13.8 Å². The van der Waals surface area contributed by atoms with Gasteiger partial charge < -0.3 is 10.0 Å². The summed E-state index contributed by atoms with van der Waals surface area (Å²) in [5, 5.41) is 15.8. The van der Waals surface area contributed by atoms with Crippen molar-refractivity contribution in [1.29, 1.82) is 0 Å². The van der Waals surface area contributed by atoms with E-state index in [2.05, 4.69) is 15.2 Å². The molecular weight excluding hydrogens is 212 g/mol. The van der Waals surface area contributed by atoms with Gasteiger partial charge in [0.05, 0.1) is 13.1 Å². The van der Waals surface area contributed by atoms with Crippen LogP contribution in [0.2, 0.25) is 0 Å². The molecular formula is C9H14N4O3. The summed E-state index contributed by atoms with van der Waals surface area (Å²) >= 11 is 0. The number of rotatable bonds is 2. The molecule has 1 aromatic heterocycles. The molecule has 2 heterocycles. The monoisotopic (exact) mass is 226 g/mol. The van der Waals surface area contributed by atoms with E-state index in [-0.39, 0.29) is 11.7 Å². The maximum atomic E-state index is 11.4. The summed E-state index contributed by atoms with van der Waals surface area (Å²) in [6.07, 6.45) is 0. The van der Waals surface area contributed by atoms with E-state index in [1.54, 1.807) is 4.90 Å². The Kier molecular flexibility index (Phi) is 2.34. The van der Waals surface area contributed by atoms with E-state index in [1.807, 2.05) is 13.8 Å². The predicted octanol–water partition coefficient (Wildman–Crippen LogP) is -1.33. The molecule has 1 aliphatic rings. The van der Waals surface area contributed by atoms with Crippen LogP contribution < -0.4 is 16.1 Å². The van der Waals surface area contributed by atoms with Crippen molar-refractivity contribution in [3.05, 3.63) is 20.8 Å². The van der Waals surface area contributed by atoms with Gasteiger partial charge in [-0.05, 0) is 5.92 Å². The molecule has 3 N–H and O–H groups in total. The van der Waals surface area contributed by atoms with Gasteiger partial charge in [0.25, 0.3) is 5.56 Å². The lowest BCUT2D eigenvalue weighted by Gasteiger charge is -2.49. The molecule has 0 atom stereocenters. The molecule has 0 aliphatic carbocycles. The number of anilines is 1. The molecule has 88 valence electrons. The summed E-state index contributed by atoms with van der Waals surface area (Å²) in [4.78, 5) is 25.9. The second kappa shape index (κ2) is 3.44. The van der Waals surface area contributed by atoms with Gasteiger partial charge in [-0.15, -0.1) is 5.10 Å². The van der Waals surface area contributed by atoms with E-state index >= 15 is 0 Å². The third kappa shape index (κ3) is 1.63. The third-order valence-electron chi connectivity index (χ3n) is 3.00. The van der Waals surface area contributed by atoms with Crippen molar-refractivity contribution in [2.75, 3.05) is 18.0 Å². The minimum atomic E-state index is -0.774. The molecule has 1 fully saturated rings. The zero-order valence-electron chi connectivity index (χ0n) is 9.15. The first-order chi connectivity index (χ1) is 7.42. The predicted molar refractivity (Wildman–Crippen MR) is 57.5 cm³/mol. The van der Waals surface area contributed by atoms with Crippen LogP contribution in [0, 0.1) is 5.92 Å². The van der Waals surface area contributed by atoms with Crippen LogP contribution >= 0.6 is 0 Å². The SMILES string of the molecule is CC(C)C1(O)CN(c2n[nH]c(=O)[nH]c2=O)C1. The first-order valence-electron chi connectivity index (χ1n) is 5.09. The fourth-order valence-electron chi connectivity index (χ4n) is 1.69. The molecule has 7 nitrogen and oxygen atoms in total. The van der Waals surface area contributed by atoms with Crippen LogP contribution in [0.15, 0.2) is 9.59 Å². The second-order valence-electron chi connectivity index (χ2n) is 4.44. The largest absolute Gasteiger partial charge is 0.386 e. The molecule has 0 spiro atoms. The summed E-state index contributed by atoms with van der Waals surface area (Å²) in [6, 6.07) is 0. The molecule has 2 rings (SSSR count). The van der Waals surface area contributed by atoms with Crippen molar-refractivity contribution < 1.29 is 5.11 Å². The Balaban J connectivity index is 2.19. The number of H-pyrrole nitrogens is 2. The van der Waals surface area contributed by atoms with Gasteiger partial charge in [0, 0.05) is 0 Å². The number of nitrogens with one attached hydrogen (secondary N) is 2. The molecule has 0 bridgehead atoms. The van der Waals surface area contributed by atoms with Gasteiger partial charge in [-0.3, -0.25) is 9.78 Å². The van der Waals surface area contributed by atoms with Crippen LogP contribution in [0.4, 0.5) is 5.82 Å². The smallest absolute Gasteiger partial charge is 0.342 e. The molecule has 0 aromatic carbocycles. The summed E-state index contributed by atoms with van der Waals surface area (Å²) < 4.78 is 0. The van der Waals surface area contributed by atoms with Crippen LogP contribution in [-0.4, -0.2) is 39.0 Å². The lowest BCUT2D eigenvalue weighted by molar-refractivity contribution is -0.0306. The molecule has 1 aromatic rings. The number of aromatic nitrogens is 3. The van der Waals surface area contributed by atoms with Crippen molar-refractivity contribution in [2.24, 2.45) is 5.92 Å². The fraction of sp³-hybridized carbons (Fsp3) is 0.667. The lowest BCUT2D eigenvalue weighted by atomic mass is 9.83. The molecule has 1 aliphatic heterocycles. The minimum absolute atomic E-state index is 0.116. The zero-order valence-corrected chi connectivity index (χ0v) is 9.15. The average Bonchev–Trinajstić information content (AvgIpc) is 2.13. The van der Waals surface area contributed by atoms with E-state index in [1.165, 1.54) is 0 Å². The average molecular weight is 226 g/mol. The highest BCUT2D eigenvalue weighted by molar-refractivity contribution is 5.40. The maximum absolute atomic E-state index is 11.4. The van der Waals surface area contributed by atoms with Crippen LogP contribution in [0.3, 0.4) is 0 Å². The van der Waals surface area contributed by atoms with E-state index < -0.39 is 16.9 Å². The topological polar surface area (TPSA) is 102 Å². The number of β-amino-alcohol motifs (C(OH)–C–C–N with tert-alkyl or cyclic N) is 1. The molecule has 16 heavy (non-hydrogen) atoms. The van der Waals surface area contributed by atoms with Gasteiger partial charge in [0.1, 0.15) is 5.60 Å². The summed E-state index contributed by atoms with van der Waals surface area (Å²) in [5.41, 5.74) is -1.94. The van der Waals surface area contributed by atoms with Gasteiger partial charge in [-0.2, -0.15) is 0 Å². The maximum Gasteiger partial charge on any atom is 0.342 e. The lowest BCUT2D eigenvalue weighted by Crippen LogP contribution is -2.66. The Bertz CT molecular complexity index is 498. The normalized spacial score (nSPS) is 18.6. The molecule has 1 saturated heterocycles. The second-order valence-corrected chi connectivity index (χ2v) is 4.44. The van der Waals surface area contributed by atoms with Crippen molar-refractivity contribution in [3.63, 3.8) is 0 Å².